The van der Waals surface area contributed by atoms with E-state index in [0.717, 1.165) is 5.56 Å². The fourth-order valence-corrected chi connectivity index (χ4v) is 2.60. The number of ether oxygens (including phenoxy) is 2. The van der Waals surface area contributed by atoms with Gasteiger partial charge in [-0.2, -0.15) is 0 Å². The van der Waals surface area contributed by atoms with Crippen LogP contribution in [0.2, 0.25) is 0 Å². The number of rotatable bonds is 7. The Bertz CT molecular complexity index is 697. The molecule has 0 aromatic heterocycles. The Morgan fingerprint density at radius 2 is 1.64 bits per heavy atom. The van der Waals surface area contributed by atoms with Crippen LogP contribution in [0.25, 0.3) is 0 Å². The molecule has 0 aliphatic carbocycles. The average molecular weight is 341 g/mol. The Labute approximate surface area is 148 Å². The van der Waals surface area contributed by atoms with Crippen LogP contribution < -0.4 is 4.74 Å². The third-order valence-corrected chi connectivity index (χ3v) is 4.13. The largest absolute Gasteiger partial charge is 0.497 e. The first kappa shape index (κ1) is 18.5. The molecule has 1 atom stereocenters. The summed E-state index contributed by atoms with van der Waals surface area (Å²) in [6.07, 6.45) is 0.148. The van der Waals surface area contributed by atoms with Gasteiger partial charge in [-0.1, -0.05) is 30.3 Å². The molecule has 0 saturated heterocycles. The minimum Gasteiger partial charge on any atom is -0.497 e. The van der Waals surface area contributed by atoms with Gasteiger partial charge in [-0.15, -0.1) is 0 Å². The first-order chi connectivity index (χ1) is 12.1. The van der Waals surface area contributed by atoms with Gasteiger partial charge in [0.1, 0.15) is 5.75 Å². The van der Waals surface area contributed by atoms with Gasteiger partial charge in [0.2, 0.25) is 0 Å². The summed E-state index contributed by atoms with van der Waals surface area (Å²) in [4.78, 5) is 26.2. The van der Waals surface area contributed by atoms with E-state index < -0.39 is 0 Å². The highest BCUT2D eigenvalue weighted by atomic mass is 16.5. The molecular weight excluding hydrogens is 318 g/mol. The van der Waals surface area contributed by atoms with Crippen molar-refractivity contribution in [3.63, 3.8) is 0 Å². The zero-order valence-corrected chi connectivity index (χ0v) is 14.8. The molecule has 0 spiro atoms. The van der Waals surface area contributed by atoms with Crippen LogP contribution in [0.15, 0.2) is 54.6 Å². The SMILES string of the molecule is COC(=O)CCN(C(=O)c1ccc(OC)cc1)C(C)c1ccccc1. The highest BCUT2D eigenvalue weighted by molar-refractivity contribution is 5.94. The van der Waals surface area contributed by atoms with Gasteiger partial charge in [-0.05, 0) is 36.8 Å². The number of amides is 1. The van der Waals surface area contributed by atoms with Crippen LogP contribution in [-0.2, 0) is 9.53 Å². The Morgan fingerprint density at radius 1 is 1.00 bits per heavy atom. The van der Waals surface area contributed by atoms with E-state index in [9.17, 15) is 9.59 Å². The minimum atomic E-state index is -0.340. The maximum Gasteiger partial charge on any atom is 0.307 e. The van der Waals surface area contributed by atoms with E-state index in [1.54, 1.807) is 36.3 Å². The van der Waals surface area contributed by atoms with Crippen molar-refractivity contribution in [1.29, 1.82) is 0 Å². The van der Waals surface area contributed by atoms with E-state index in [1.165, 1.54) is 7.11 Å². The van der Waals surface area contributed by atoms with E-state index in [-0.39, 0.29) is 30.9 Å². The molecule has 5 nitrogen and oxygen atoms in total. The highest BCUT2D eigenvalue weighted by Gasteiger charge is 2.23. The lowest BCUT2D eigenvalue weighted by Gasteiger charge is -2.29. The maximum absolute atomic E-state index is 13.0. The summed E-state index contributed by atoms with van der Waals surface area (Å²) in [6, 6.07) is 16.5. The van der Waals surface area contributed by atoms with Crippen molar-refractivity contribution < 1.29 is 19.1 Å². The van der Waals surface area contributed by atoms with Gasteiger partial charge in [-0.3, -0.25) is 9.59 Å². The van der Waals surface area contributed by atoms with E-state index in [4.69, 9.17) is 9.47 Å². The summed E-state index contributed by atoms with van der Waals surface area (Å²) >= 11 is 0. The highest BCUT2D eigenvalue weighted by Crippen LogP contribution is 2.23. The summed E-state index contributed by atoms with van der Waals surface area (Å²) in [5, 5.41) is 0. The zero-order valence-electron chi connectivity index (χ0n) is 14.8. The average Bonchev–Trinajstić information content (AvgIpc) is 2.68. The molecule has 0 fully saturated rings. The van der Waals surface area contributed by atoms with Crippen molar-refractivity contribution in [3.8, 4) is 5.75 Å². The zero-order chi connectivity index (χ0) is 18.2. The molecule has 5 heteroatoms. The van der Waals surface area contributed by atoms with Gasteiger partial charge in [-0.25, -0.2) is 0 Å². The number of methoxy groups -OCH3 is 2. The van der Waals surface area contributed by atoms with E-state index in [1.807, 2.05) is 37.3 Å². The number of nitrogens with zero attached hydrogens (tertiary/aromatic N) is 1. The first-order valence-electron chi connectivity index (χ1n) is 8.13. The van der Waals surface area contributed by atoms with Crippen LogP contribution >= 0.6 is 0 Å². The van der Waals surface area contributed by atoms with Crippen LogP contribution in [0, 0.1) is 0 Å². The van der Waals surface area contributed by atoms with E-state index in [2.05, 4.69) is 0 Å². The second-order valence-electron chi connectivity index (χ2n) is 5.64. The number of esters is 1. The summed E-state index contributed by atoms with van der Waals surface area (Å²) in [6.45, 7) is 2.24. The molecule has 1 amide bonds. The predicted octanol–water partition coefficient (Wildman–Crippen LogP) is 3.46. The molecule has 0 N–H and O–H groups in total. The number of hydrogen-bond acceptors (Lipinski definition) is 4. The third kappa shape index (κ3) is 4.83. The van der Waals surface area contributed by atoms with Crippen molar-refractivity contribution in [1.82, 2.24) is 4.90 Å². The molecule has 0 radical (unpaired) electrons. The molecular formula is C20H23NO4. The number of benzene rings is 2. The fourth-order valence-electron chi connectivity index (χ4n) is 2.60. The Balaban J connectivity index is 2.25. The van der Waals surface area contributed by atoms with Crippen LogP contribution in [-0.4, -0.2) is 37.5 Å². The van der Waals surface area contributed by atoms with E-state index in [0.29, 0.717) is 11.3 Å². The van der Waals surface area contributed by atoms with E-state index >= 15 is 0 Å². The number of hydrogen-bond donors (Lipinski definition) is 0. The monoisotopic (exact) mass is 341 g/mol. The Hall–Kier alpha value is -2.82. The van der Waals surface area contributed by atoms with Gasteiger partial charge in [0.25, 0.3) is 5.91 Å². The van der Waals surface area contributed by atoms with Crippen molar-refractivity contribution >= 4 is 11.9 Å². The van der Waals surface area contributed by atoms with Crippen molar-refractivity contribution in [2.45, 2.75) is 19.4 Å². The van der Waals surface area contributed by atoms with Crippen LogP contribution in [0.4, 0.5) is 0 Å². The molecule has 25 heavy (non-hydrogen) atoms. The van der Waals surface area contributed by atoms with Crippen LogP contribution in [0.3, 0.4) is 0 Å². The molecule has 2 aromatic rings. The molecule has 0 bridgehead atoms. The summed E-state index contributed by atoms with van der Waals surface area (Å²) in [7, 11) is 2.93. The van der Waals surface area contributed by atoms with Gasteiger partial charge in [0.15, 0.2) is 0 Å². The summed E-state index contributed by atoms with van der Waals surface area (Å²) < 4.78 is 9.84. The van der Waals surface area contributed by atoms with Gasteiger partial charge < -0.3 is 14.4 Å². The smallest absolute Gasteiger partial charge is 0.307 e. The quantitative estimate of drug-likeness (QED) is 0.724. The van der Waals surface area contributed by atoms with Gasteiger partial charge >= 0.3 is 5.97 Å². The summed E-state index contributed by atoms with van der Waals surface area (Å²) in [5.41, 5.74) is 1.56. The second kappa shape index (κ2) is 8.87. The number of carbonyl (C=O) groups is 2. The lowest BCUT2D eigenvalue weighted by Crippen LogP contribution is -2.35. The normalized spacial score (nSPS) is 11.5. The maximum atomic E-state index is 13.0. The molecule has 2 rings (SSSR count). The van der Waals surface area contributed by atoms with Crippen LogP contribution in [0.1, 0.15) is 35.3 Å². The molecule has 0 saturated carbocycles. The van der Waals surface area contributed by atoms with Crippen molar-refractivity contribution in [3.05, 3.63) is 65.7 Å². The van der Waals surface area contributed by atoms with Crippen molar-refractivity contribution in [2.24, 2.45) is 0 Å². The lowest BCUT2D eigenvalue weighted by atomic mass is 10.0. The second-order valence-corrected chi connectivity index (χ2v) is 5.64. The molecule has 0 aliphatic rings. The Morgan fingerprint density at radius 3 is 2.20 bits per heavy atom. The van der Waals surface area contributed by atoms with Gasteiger partial charge in [0, 0.05) is 12.1 Å². The molecule has 0 heterocycles. The molecule has 0 aliphatic heterocycles. The summed E-state index contributed by atoms with van der Waals surface area (Å²) in [5.74, 6) is 0.212. The lowest BCUT2D eigenvalue weighted by molar-refractivity contribution is -0.140. The molecule has 132 valence electrons. The standard InChI is InChI=1S/C20H23NO4/c1-15(16-7-5-4-6-8-16)21(14-13-19(22)25-3)20(23)17-9-11-18(24-2)12-10-17/h4-12,15H,13-14H2,1-3H3. The molecule has 2 aromatic carbocycles. The fraction of sp³-hybridized carbons (Fsp3) is 0.300. The minimum absolute atomic E-state index is 0.136. The van der Waals surface area contributed by atoms with Crippen LogP contribution in [0.5, 0.6) is 5.75 Å². The molecule has 1 unspecified atom stereocenters. The third-order valence-electron chi connectivity index (χ3n) is 4.13. The predicted molar refractivity (Wildman–Crippen MR) is 95.5 cm³/mol. The topological polar surface area (TPSA) is 55.8 Å². The number of carbonyl (C=O) groups excluding carboxylic acids is 2. The Kier molecular flexibility index (Phi) is 6.57. The van der Waals surface area contributed by atoms with Gasteiger partial charge in [0.05, 0.1) is 26.7 Å². The van der Waals surface area contributed by atoms with Crippen molar-refractivity contribution in [2.75, 3.05) is 20.8 Å². The first-order valence-corrected chi connectivity index (χ1v) is 8.13.